The second-order valence-corrected chi connectivity index (χ2v) is 9.02. The molecule has 3 atom stereocenters. The molecule has 1 fully saturated rings. The molecular weight excluding hydrogens is 424 g/mol. The average Bonchev–Trinajstić information content (AvgIpc) is 2.86. The highest BCUT2D eigenvalue weighted by molar-refractivity contribution is 5.91. The predicted molar refractivity (Wildman–Crippen MR) is 126 cm³/mol. The number of benzene rings is 1. The number of carbonyl (C=O) groups excluding carboxylic acids is 2. The van der Waals surface area contributed by atoms with Crippen molar-refractivity contribution in [1.82, 2.24) is 15.1 Å². The molecule has 184 valence electrons. The predicted octanol–water partition coefficient (Wildman–Crippen LogP) is 0.716. The Morgan fingerprint density at radius 3 is 2.76 bits per heavy atom. The summed E-state index contributed by atoms with van der Waals surface area (Å²) < 4.78 is 11.7. The van der Waals surface area contributed by atoms with Crippen molar-refractivity contribution in [3.63, 3.8) is 0 Å². The normalized spacial score (nSPS) is 23.0. The van der Waals surface area contributed by atoms with E-state index >= 15 is 0 Å². The van der Waals surface area contributed by atoms with Crippen molar-refractivity contribution < 1.29 is 24.2 Å². The molecule has 2 amide bonds. The van der Waals surface area contributed by atoms with Gasteiger partial charge in [-0.15, -0.1) is 0 Å². The van der Waals surface area contributed by atoms with Crippen LogP contribution in [0.4, 0.5) is 5.69 Å². The van der Waals surface area contributed by atoms with E-state index < -0.39 is 0 Å². The first-order valence-corrected chi connectivity index (χ1v) is 11.9. The van der Waals surface area contributed by atoms with Crippen LogP contribution >= 0.6 is 0 Å². The topological polar surface area (TPSA) is 103 Å². The number of rotatable bonds is 8. The van der Waals surface area contributed by atoms with E-state index in [0.29, 0.717) is 50.7 Å². The molecule has 0 unspecified atom stereocenters. The van der Waals surface area contributed by atoms with Crippen LogP contribution in [0, 0.1) is 5.92 Å². The third-order valence-corrected chi connectivity index (χ3v) is 6.36. The van der Waals surface area contributed by atoms with Crippen molar-refractivity contribution >= 4 is 17.5 Å². The Kier molecular flexibility index (Phi) is 9.49. The van der Waals surface area contributed by atoms with Gasteiger partial charge in [0.2, 0.25) is 11.8 Å². The van der Waals surface area contributed by atoms with Crippen LogP contribution < -0.4 is 15.4 Å². The number of nitrogens with zero attached hydrogens (tertiary/aromatic N) is 2. The van der Waals surface area contributed by atoms with Gasteiger partial charge in [0.25, 0.3) is 0 Å². The Labute approximate surface area is 196 Å². The first-order valence-electron chi connectivity index (χ1n) is 11.9. The van der Waals surface area contributed by atoms with Gasteiger partial charge in [-0.05, 0) is 32.2 Å². The summed E-state index contributed by atoms with van der Waals surface area (Å²) in [4.78, 5) is 29.6. The maximum Gasteiger partial charge on any atom is 0.227 e. The average molecular weight is 463 g/mol. The first-order chi connectivity index (χ1) is 15.9. The van der Waals surface area contributed by atoms with Gasteiger partial charge in [0, 0.05) is 56.3 Å². The number of hydrogen-bond acceptors (Lipinski definition) is 7. The standard InChI is InChI=1S/C24H38N4O5/c1-17-15-28(18(2)16-29)24(31)13-19-12-20(4-5-21(19)33-22(17)14-25-3)26-23(30)6-7-27-8-10-32-11-9-27/h4-5,12,17-18,22,25,29H,6-11,13-16H2,1-3H3,(H,26,30)/t17-,18+,22+/m0/s1. The molecule has 33 heavy (non-hydrogen) atoms. The van der Waals surface area contributed by atoms with E-state index in [2.05, 4.69) is 22.5 Å². The Hall–Kier alpha value is -2.20. The van der Waals surface area contributed by atoms with Gasteiger partial charge in [0.1, 0.15) is 11.9 Å². The molecule has 0 aliphatic carbocycles. The summed E-state index contributed by atoms with van der Waals surface area (Å²) in [6.45, 7) is 8.76. The molecule has 3 N–H and O–H groups in total. The molecule has 0 bridgehead atoms. The van der Waals surface area contributed by atoms with Crippen LogP contribution in [0.3, 0.4) is 0 Å². The van der Waals surface area contributed by atoms with Crippen molar-refractivity contribution in [3.8, 4) is 5.75 Å². The number of morpholine rings is 1. The summed E-state index contributed by atoms with van der Waals surface area (Å²) in [6, 6.07) is 5.21. The second-order valence-electron chi connectivity index (χ2n) is 9.02. The Bertz CT molecular complexity index is 799. The highest BCUT2D eigenvalue weighted by atomic mass is 16.5. The Morgan fingerprint density at radius 2 is 2.06 bits per heavy atom. The monoisotopic (exact) mass is 462 g/mol. The zero-order valence-electron chi connectivity index (χ0n) is 20.0. The molecule has 0 radical (unpaired) electrons. The molecule has 0 saturated carbocycles. The summed E-state index contributed by atoms with van der Waals surface area (Å²) in [5, 5.41) is 15.8. The van der Waals surface area contributed by atoms with Gasteiger partial charge in [-0.1, -0.05) is 6.92 Å². The summed E-state index contributed by atoms with van der Waals surface area (Å²) in [5.41, 5.74) is 1.38. The molecule has 1 aromatic rings. The Morgan fingerprint density at radius 1 is 1.30 bits per heavy atom. The molecule has 2 aliphatic heterocycles. The zero-order valence-corrected chi connectivity index (χ0v) is 20.0. The number of anilines is 1. The first kappa shape index (κ1) is 25.4. The van der Waals surface area contributed by atoms with Crippen LogP contribution in [-0.4, -0.2) is 98.5 Å². The summed E-state index contributed by atoms with van der Waals surface area (Å²) >= 11 is 0. The van der Waals surface area contributed by atoms with Crippen molar-refractivity contribution in [2.24, 2.45) is 5.92 Å². The maximum absolute atomic E-state index is 13.1. The van der Waals surface area contributed by atoms with Gasteiger partial charge < -0.3 is 30.1 Å². The number of ether oxygens (including phenoxy) is 2. The smallest absolute Gasteiger partial charge is 0.227 e. The van der Waals surface area contributed by atoms with Crippen molar-refractivity contribution in [2.75, 3.05) is 64.9 Å². The number of amides is 2. The van der Waals surface area contributed by atoms with E-state index in [1.165, 1.54) is 0 Å². The van der Waals surface area contributed by atoms with Crippen LogP contribution in [0.1, 0.15) is 25.8 Å². The summed E-state index contributed by atoms with van der Waals surface area (Å²) in [7, 11) is 1.87. The van der Waals surface area contributed by atoms with Gasteiger partial charge in [0.05, 0.1) is 32.3 Å². The van der Waals surface area contributed by atoms with E-state index in [1.54, 1.807) is 4.90 Å². The molecule has 9 nitrogen and oxygen atoms in total. The van der Waals surface area contributed by atoms with E-state index in [1.807, 2.05) is 32.2 Å². The van der Waals surface area contributed by atoms with Gasteiger partial charge in [-0.25, -0.2) is 0 Å². The fraction of sp³-hybridized carbons (Fsp3) is 0.667. The van der Waals surface area contributed by atoms with Gasteiger partial charge in [0.15, 0.2) is 0 Å². The lowest BCUT2D eigenvalue weighted by Crippen LogP contribution is -2.47. The third-order valence-electron chi connectivity index (χ3n) is 6.36. The van der Waals surface area contributed by atoms with Crippen molar-refractivity contribution in [1.29, 1.82) is 0 Å². The van der Waals surface area contributed by atoms with Crippen LogP contribution in [0.25, 0.3) is 0 Å². The quantitative estimate of drug-likeness (QED) is 0.523. The van der Waals surface area contributed by atoms with Crippen molar-refractivity contribution in [3.05, 3.63) is 23.8 Å². The maximum atomic E-state index is 13.1. The minimum atomic E-state index is -0.278. The SMILES string of the molecule is CNC[C@H]1Oc2ccc(NC(=O)CCN3CCOCC3)cc2CC(=O)N([C@H](C)CO)C[C@@H]1C. The van der Waals surface area contributed by atoms with Gasteiger partial charge in [-0.3, -0.25) is 14.5 Å². The lowest BCUT2D eigenvalue weighted by molar-refractivity contribution is -0.134. The summed E-state index contributed by atoms with van der Waals surface area (Å²) in [6.07, 6.45) is 0.411. The minimum absolute atomic E-state index is 0.0610. The lowest BCUT2D eigenvalue weighted by atomic mass is 10.0. The fourth-order valence-corrected chi connectivity index (χ4v) is 4.26. The fourth-order valence-electron chi connectivity index (χ4n) is 4.26. The molecule has 1 aromatic carbocycles. The van der Waals surface area contributed by atoms with Crippen LogP contribution in [0.15, 0.2) is 18.2 Å². The van der Waals surface area contributed by atoms with Crippen LogP contribution in [0.5, 0.6) is 5.75 Å². The molecule has 9 heteroatoms. The largest absolute Gasteiger partial charge is 0.488 e. The second kappa shape index (κ2) is 12.3. The van der Waals surface area contributed by atoms with Gasteiger partial charge >= 0.3 is 0 Å². The molecule has 3 rings (SSSR count). The molecule has 0 aromatic heterocycles. The number of fused-ring (bicyclic) bond motifs is 1. The number of carbonyl (C=O) groups is 2. The third kappa shape index (κ3) is 7.14. The van der Waals surface area contributed by atoms with Crippen LogP contribution in [-0.2, 0) is 20.7 Å². The van der Waals surface area contributed by atoms with Crippen molar-refractivity contribution in [2.45, 2.75) is 38.8 Å². The number of aliphatic hydroxyl groups excluding tert-OH is 1. The zero-order chi connectivity index (χ0) is 23.8. The Balaban J connectivity index is 1.74. The highest BCUT2D eigenvalue weighted by Crippen LogP contribution is 2.29. The minimum Gasteiger partial charge on any atom is -0.488 e. The van der Waals surface area contributed by atoms with Gasteiger partial charge in [-0.2, -0.15) is 0 Å². The summed E-state index contributed by atoms with van der Waals surface area (Å²) in [5.74, 6) is 0.601. The highest BCUT2D eigenvalue weighted by Gasteiger charge is 2.30. The molecule has 1 saturated heterocycles. The molecular formula is C24H38N4O5. The van der Waals surface area contributed by atoms with E-state index in [-0.39, 0.29) is 42.9 Å². The molecule has 0 spiro atoms. The number of nitrogens with one attached hydrogen (secondary N) is 2. The number of aliphatic hydroxyl groups is 1. The number of hydrogen-bond donors (Lipinski definition) is 3. The molecule has 2 heterocycles. The molecule has 2 aliphatic rings. The van der Waals surface area contributed by atoms with E-state index in [4.69, 9.17) is 9.47 Å². The van der Waals surface area contributed by atoms with Crippen LogP contribution in [0.2, 0.25) is 0 Å². The number of likely N-dealkylation sites (N-methyl/N-ethyl adjacent to an activating group) is 1. The lowest BCUT2D eigenvalue weighted by Gasteiger charge is -2.32. The van der Waals surface area contributed by atoms with E-state index in [9.17, 15) is 14.7 Å². The van der Waals surface area contributed by atoms with E-state index in [0.717, 1.165) is 18.7 Å².